The van der Waals surface area contributed by atoms with Crippen LogP contribution < -0.4 is 10.1 Å². The van der Waals surface area contributed by atoms with Crippen LogP contribution in [0.1, 0.15) is 19.8 Å². The van der Waals surface area contributed by atoms with E-state index in [1.807, 2.05) is 6.92 Å². The summed E-state index contributed by atoms with van der Waals surface area (Å²) in [5.41, 5.74) is 0.398. The molecule has 1 aromatic heterocycles. The molecule has 100 valence electrons. The van der Waals surface area contributed by atoms with Crippen LogP contribution >= 0.6 is 0 Å². The van der Waals surface area contributed by atoms with Gasteiger partial charge in [-0.3, -0.25) is 0 Å². The maximum absolute atomic E-state index is 13.3. The van der Waals surface area contributed by atoms with E-state index >= 15 is 0 Å². The van der Waals surface area contributed by atoms with E-state index in [-0.39, 0.29) is 0 Å². The molecule has 18 heavy (non-hydrogen) atoms. The normalized spacial score (nSPS) is 20.1. The van der Waals surface area contributed by atoms with Gasteiger partial charge in [0.05, 0.1) is 11.9 Å². The SMILES string of the molecule is CCNc1cc(OC[C@@H]2CCCN2C)cnc1F. The molecule has 1 N–H and O–H groups in total. The summed E-state index contributed by atoms with van der Waals surface area (Å²) < 4.78 is 19.0. The molecular formula is C13H20FN3O. The van der Waals surface area contributed by atoms with Crippen molar-refractivity contribution in [3.8, 4) is 5.75 Å². The minimum Gasteiger partial charge on any atom is -0.490 e. The highest BCUT2D eigenvalue weighted by Crippen LogP contribution is 2.21. The summed E-state index contributed by atoms with van der Waals surface area (Å²) in [6, 6.07) is 2.12. The fourth-order valence-electron chi connectivity index (χ4n) is 2.20. The third kappa shape index (κ3) is 3.10. The van der Waals surface area contributed by atoms with Gasteiger partial charge in [-0.25, -0.2) is 4.98 Å². The third-order valence-electron chi connectivity index (χ3n) is 3.30. The molecule has 1 atom stereocenters. The zero-order valence-corrected chi connectivity index (χ0v) is 10.9. The molecule has 2 heterocycles. The van der Waals surface area contributed by atoms with Crippen molar-refractivity contribution in [2.45, 2.75) is 25.8 Å². The Labute approximate surface area is 107 Å². The molecule has 0 aliphatic carbocycles. The Bertz CT molecular complexity index is 400. The van der Waals surface area contributed by atoms with Gasteiger partial charge in [0.2, 0.25) is 5.95 Å². The number of halogens is 1. The molecule has 1 saturated heterocycles. The monoisotopic (exact) mass is 253 g/mol. The van der Waals surface area contributed by atoms with Crippen LogP contribution in [0.25, 0.3) is 0 Å². The Balaban J connectivity index is 1.94. The average Bonchev–Trinajstić information content (AvgIpc) is 2.76. The first-order valence-electron chi connectivity index (χ1n) is 6.43. The maximum atomic E-state index is 13.3. The number of nitrogens with zero attached hydrogens (tertiary/aromatic N) is 2. The summed E-state index contributed by atoms with van der Waals surface area (Å²) >= 11 is 0. The number of rotatable bonds is 5. The zero-order valence-electron chi connectivity index (χ0n) is 10.9. The van der Waals surface area contributed by atoms with Gasteiger partial charge in [0.1, 0.15) is 12.4 Å². The topological polar surface area (TPSA) is 37.4 Å². The largest absolute Gasteiger partial charge is 0.490 e. The number of likely N-dealkylation sites (tertiary alicyclic amines) is 1. The average molecular weight is 253 g/mol. The van der Waals surface area contributed by atoms with E-state index in [1.165, 1.54) is 12.6 Å². The molecule has 5 heteroatoms. The fraction of sp³-hybridized carbons (Fsp3) is 0.615. The third-order valence-corrected chi connectivity index (χ3v) is 3.30. The van der Waals surface area contributed by atoms with Crippen LogP contribution in [0.15, 0.2) is 12.3 Å². The zero-order chi connectivity index (χ0) is 13.0. The second kappa shape index (κ2) is 6.00. The van der Waals surface area contributed by atoms with E-state index in [9.17, 15) is 4.39 Å². The van der Waals surface area contributed by atoms with Crippen molar-refractivity contribution < 1.29 is 9.13 Å². The summed E-state index contributed by atoms with van der Waals surface area (Å²) in [5, 5.41) is 2.93. The van der Waals surface area contributed by atoms with Crippen molar-refractivity contribution >= 4 is 5.69 Å². The molecule has 0 unspecified atom stereocenters. The van der Waals surface area contributed by atoms with E-state index in [2.05, 4.69) is 22.2 Å². The number of hydrogen-bond donors (Lipinski definition) is 1. The van der Waals surface area contributed by atoms with E-state index < -0.39 is 5.95 Å². The number of anilines is 1. The van der Waals surface area contributed by atoms with E-state index in [4.69, 9.17) is 4.74 Å². The highest BCUT2D eigenvalue weighted by atomic mass is 19.1. The van der Waals surface area contributed by atoms with Crippen molar-refractivity contribution in [1.82, 2.24) is 9.88 Å². The molecule has 1 aliphatic heterocycles. The number of aromatic nitrogens is 1. The first-order chi connectivity index (χ1) is 8.70. The Kier molecular flexibility index (Phi) is 4.36. The number of hydrogen-bond acceptors (Lipinski definition) is 4. The van der Waals surface area contributed by atoms with Gasteiger partial charge in [0, 0.05) is 18.7 Å². The summed E-state index contributed by atoms with van der Waals surface area (Å²) in [6.45, 7) is 4.33. The molecule has 4 nitrogen and oxygen atoms in total. The second-order valence-electron chi connectivity index (χ2n) is 4.63. The quantitative estimate of drug-likeness (QED) is 0.816. The minimum absolute atomic E-state index is 0.398. The van der Waals surface area contributed by atoms with Crippen molar-refractivity contribution in [2.75, 3.05) is 32.1 Å². The molecule has 1 aromatic rings. The predicted octanol–water partition coefficient (Wildman–Crippen LogP) is 2.13. The fourth-order valence-corrected chi connectivity index (χ4v) is 2.20. The van der Waals surface area contributed by atoms with Crippen LogP contribution in [0.4, 0.5) is 10.1 Å². The van der Waals surface area contributed by atoms with Crippen molar-refractivity contribution in [1.29, 1.82) is 0 Å². The number of nitrogens with one attached hydrogen (secondary N) is 1. The standard InChI is InChI=1S/C13H20FN3O/c1-3-15-12-7-11(8-16-13(12)14)18-9-10-5-4-6-17(10)2/h7-8,10,15H,3-6,9H2,1-2H3/t10-/m0/s1. The van der Waals surface area contributed by atoms with Crippen LogP contribution in [-0.2, 0) is 0 Å². The molecule has 0 radical (unpaired) electrons. The Morgan fingerprint density at radius 1 is 1.61 bits per heavy atom. The Morgan fingerprint density at radius 2 is 2.44 bits per heavy atom. The number of likely N-dealkylation sites (N-methyl/N-ethyl adjacent to an activating group) is 1. The second-order valence-corrected chi connectivity index (χ2v) is 4.63. The van der Waals surface area contributed by atoms with Gasteiger partial charge in [0.15, 0.2) is 0 Å². The first-order valence-corrected chi connectivity index (χ1v) is 6.43. The van der Waals surface area contributed by atoms with Gasteiger partial charge in [-0.1, -0.05) is 0 Å². The molecule has 0 saturated carbocycles. The van der Waals surface area contributed by atoms with Gasteiger partial charge in [-0.15, -0.1) is 0 Å². The van der Waals surface area contributed by atoms with Crippen LogP contribution in [0.2, 0.25) is 0 Å². The lowest BCUT2D eigenvalue weighted by atomic mass is 10.2. The van der Waals surface area contributed by atoms with Crippen LogP contribution in [0, 0.1) is 5.95 Å². The minimum atomic E-state index is -0.484. The Morgan fingerprint density at radius 3 is 3.11 bits per heavy atom. The summed E-state index contributed by atoms with van der Waals surface area (Å²) in [4.78, 5) is 5.99. The molecular weight excluding hydrogens is 233 g/mol. The van der Waals surface area contributed by atoms with Gasteiger partial charge < -0.3 is 15.0 Å². The molecule has 0 bridgehead atoms. The summed E-state index contributed by atoms with van der Waals surface area (Å²) in [6.07, 6.45) is 3.81. The van der Waals surface area contributed by atoms with Crippen LogP contribution in [0.5, 0.6) is 5.75 Å². The lowest BCUT2D eigenvalue weighted by Gasteiger charge is -2.19. The molecule has 1 aliphatic rings. The van der Waals surface area contributed by atoms with E-state index in [0.29, 0.717) is 30.6 Å². The summed E-state index contributed by atoms with van der Waals surface area (Å²) in [7, 11) is 2.11. The van der Waals surface area contributed by atoms with Crippen LogP contribution in [-0.4, -0.2) is 42.7 Å². The van der Waals surface area contributed by atoms with Crippen molar-refractivity contribution in [2.24, 2.45) is 0 Å². The van der Waals surface area contributed by atoms with Gasteiger partial charge in [-0.2, -0.15) is 4.39 Å². The number of pyridine rings is 1. The number of ether oxygens (including phenoxy) is 1. The van der Waals surface area contributed by atoms with Crippen LogP contribution in [0.3, 0.4) is 0 Å². The molecule has 1 fully saturated rings. The van der Waals surface area contributed by atoms with E-state index in [1.54, 1.807) is 6.07 Å². The highest BCUT2D eigenvalue weighted by molar-refractivity contribution is 5.46. The van der Waals surface area contributed by atoms with E-state index in [0.717, 1.165) is 13.0 Å². The lowest BCUT2D eigenvalue weighted by molar-refractivity contribution is 0.197. The van der Waals surface area contributed by atoms with Crippen molar-refractivity contribution in [3.63, 3.8) is 0 Å². The van der Waals surface area contributed by atoms with Gasteiger partial charge in [-0.05, 0) is 33.4 Å². The lowest BCUT2D eigenvalue weighted by Crippen LogP contribution is -2.30. The molecule has 2 rings (SSSR count). The maximum Gasteiger partial charge on any atom is 0.236 e. The highest BCUT2D eigenvalue weighted by Gasteiger charge is 2.21. The first kappa shape index (κ1) is 13.1. The smallest absolute Gasteiger partial charge is 0.236 e. The molecule has 0 amide bonds. The van der Waals surface area contributed by atoms with Crippen molar-refractivity contribution in [3.05, 3.63) is 18.2 Å². The van der Waals surface area contributed by atoms with Gasteiger partial charge in [0.25, 0.3) is 0 Å². The Hall–Kier alpha value is -1.36. The van der Waals surface area contributed by atoms with Gasteiger partial charge >= 0.3 is 0 Å². The predicted molar refractivity (Wildman–Crippen MR) is 69.5 cm³/mol. The molecule has 0 aromatic carbocycles. The summed E-state index contributed by atoms with van der Waals surface area (Å²) in [5.74, 6) is 0.134. The molecule has 0 spiro atoms.